The van der Waals surface area contributed by atoms with Gasteiger partial charge >= 0.3 is 0 Å². The number of carbonyl (C=O) groups is 2. The van der Waals surface area contributed by atoms with Crippen LogP contribution in [0, 0.1) is 13.8 Å². The molecule has 1 amide bonds. The van der Waals surface area contributed by atoms with Gasteiger partial charge in [-0.15, -0.1) is 22.7 Å². The van der Waals surface area contributed by atoms with E-state index in [0.717, 1.165) is 39.4 Å². The number of hydrogen-bond acceptors (Lipinski definition) is 5. The Morgan fingerprint density at radius 2 is 1.41 bits per heavy atom. The highest BCUT2D eigenvalue weighted by molar-refractivity contribution is 7.13. The second kappa shape index (κ2) is 14.5. The molecule has 1 aliphatic heterocycles. The maximum absolute atomic E-state index is 13.1. The molecule has 46 heavy (non-hydrogen) atoms. The van der Waals surface area contributed by atoms with Crippen LogP contribution in [0.2, 0.25) is 0 Å². The minimum atomic E-state index is 0.0681. The van der Waals surface area contributed by atoms with E-state index in [2.05, 4.69) is 43.1 Å². The van der Waals surface area contributed by atoms with Gasteiger partial charge in [-0.25, -0.2) is 0 Å². The van der Waals surface area contributed by atoms with E-state index in [0.29, 0.717) is 12.0 Å². The molecule has 7 rings (SSSR count). The molecular weight excluding hydrogens is 605 g/mol. The highest BCUT2D eigenvalue weighted by Crippen LogP contribution is 2.39. The van der Waals surface area contributed by atoms with Crippen molar-refractivity contribution < 1.29 is 9.59 Å². The van der Waals surface area contributed by atoms with E-state index in [1.807, 2.05) is 120 Å². The quantitative estimate of drug-likeness (QED) is 0.129. The standard InChI is InChI=1S/2C20H17NOS/c1-14-11-12-19(23-14)18-13-15-7-5-6-10-17(15)20(22)21(18)16-8-3-2-4-9-16;1-15-11-12-17(23-15)14-21-19-10-6-5-9-18(19)20(22)13-16-7-3-2-4-8-16/h2-12,18H,13H2,1H3;2-12,14H,13H2,1H3. The second-order valence-corrected chi connectivity index (χ2v) is 13.8. The molecule has 0 radical (unpaired) electrons. The van der Waals surface area contributed by atoms with Gasteiger partial charge in [0.1, 0.15) is 0 Å². The number of benzene rings is 4. The summed E-state index contributed by atoms with van der Waals surface area (Å²) in [6.07, 6.45) is 3.08. The molecule has 0 fully saturated rings. The van der Waals surface area contributed by atoms with Crippen molar-refractivity contribution in [2.75, 3.05) is 4.90 Å². The van der Waals surface area contributed by atoms with Crippen LogP contribution < -0.4 is 4.90 Å². The predicted molar refractivity (Wildman–Crippen MR) is 192 cm³/mol. The van der Waals surface area contributed by atoms with Gasteiger partial charge in [0.25, 0.3) is 5.91 Å². The van der Waals surface area contributed by atoms with E-state index in [1.54, 1.807) is 22.7 Å². The summed E-state index contributed by atoms with van der Waals surface area (Å²) in [4.78, 5) is 37.0. The number of Topliss-reactive ketones (excluding diaryl/α,β-unsaturated/α-hetero) is 1. The van der Waals surface area contributed by atoms with Crippen molar-refractivity contribution in [1.29, 1.82) is 0 Å². The molecule has 0 saturated carbocycles. The summed E-state index contributed by atoms with van der Waals surface area (Å²) in [7, 11) is 0. The lowest BCUT2D eigenvalue weighted by molar-refractivity contribution is 0.0965. The van der Waals surface area contributed by atoms with Crippen molar-refractivity contribution >= 4 is 52.0 Å². The Kier molecular flexibility index (Phi) is 9.77. The molecule has 0 saturated heterocycles. The zero-order valence-corrected chi connectivity index (χ0v) is 27.4. The summed E-state index contributed by atoms with van der Waals surface area (Å²) in [5, 5.41) is 0. The topological polar surface area (TPSA) is 49.7 Å². The van der Waals surface area contributed by atoms with Crippen LogP contribution >= 0.6 is 22.7 Å². The van der Waals surface area contributed by atoms with Crippen LogP contribution in [-0.2, 0) is 12.8 Å². The van der Waals surface area contributed by atoms with Crippen LogP contribution in [0.25, 0.3) is 0 Å². The zero-order chi connectivity index (χ0) is 31.9. The number of fused-ring (bicyclic) bond motifs is 1. The maximum atomic E-state index is 13.1. The van der Waals surface area contributed by atoms with Crippen LogP contribution in [0.1, 0.15) is 57.4 Å². The minimum absolute atomic E-state index is 0.0681. The first-order valence-corrected chi connectivity index (χ1v) is 16.9. The number of nitrogens with zero attached hydrogens (tertiary/aromatic N) is 2. The molecular formula is C40H34N2O2S2. The van der Waals surface area contributed by atoms with Crippen LogP contribution in [0.3, 0.4) is 0 Å². The molecule has 1 unspecified atom stereocenters. The van der Waals surface area contributed by atoms with Gasteiger partial charge in [-0.3, -0.25) is 19.5 Å². The Labute approximate surface area is 278 Å². The lowest BCUT2D eigenvalue weighted by atomic mass is 9.92. The summed E-state index contributed by atoms with van der Waals surface area (Å²) >= 11 is 3.47. The normalized spacial score (nSPS) is 14.1. The van der Waals surface area contributed by atoms with Gasteiger partial charge < -0.3 is 0 Å². The third-order valence-electron chi connectivity index (χ3n) is 7.82. The molecule has 3 heterocycles. The third-order valence-corrected chi connectivity index (χ3v) is 9.86. The molecule has 0 spiro atoms. The number of amides is 1. The second-order valence-electron chi connectivity index (χ2n) is 11.1. The average molecular weight is 639 g/mol. The van der Waals surface area contributed by atoms with Gasteiger partial charge in [0, 0.05) is 49.0 Å². The number of anilines is 1. The summed E-state index contributed by atoms with van der Waals surface area (Å²) in [5.74, 6) is 0.181. The number of rotatable bonds is 7. The monoisotopic (exact) mass is 638 g/mol. The van der Waals surface area contributed by atoms with Crippen molar-refractivity contribution in [1.82, 2.24) is 0 Å². The Hall–Kier alpha value is -4.91. The fourth-order valence-electron chi connectivity index (χ4n) is 5.58. The molecule has 6 aromatic rings. The molecule has 6 heteroatoms. The highest BCUT2D eigenvalue weighted by Gasteiger charge is 2.34. The smallest absolute Gasteiger partial charge is 0.259 e. The minimum Gasteiger partial charge on any atom is -0.300 e. The molecule has 1 atom stereocenters. The largest absolute Gasteiger partial charge is 0.300 e. The molecule has 4 nitrogen and oxygen atoms in total. The summed E-state index contributed by atoms with van der Waals surface area (Å²) in [5.41, 5.74) is 5.33. The van der Waals surface area contributed by atoms with Crippen molar-refractivity contribution in [2.24, 2.45) is 4.99 Å². The summed E-state index contributed by atoms with van der Waals surface area (Å²) in [6, 6.07) is 43.7. The maximum Gasteiger partial charge on any atom is 0.259 e. The number of aryl methyl sites for hydroxylation is 2. The number of ketones is 1. The Balaban J connectivity index is 0.000000162. The van der Waals surface area contributed by atoms with E-state index >= 15 is 0 Å². The van der Waals surface area contributed by atoms with Gasteiger partial charge in [-0.05, 0) is 86.0 Å². The Morgan fingerprint density at radius 1 is 0.761 bits per heavy atom. The number of hydrogen-bond donors (Lipinski definition) is 0. The number of aliphatic imine (C=N–C) groups is 1. The molecule has 4 aromatic carbocycles. The number of carbonyl (C=O) groups excluding carboxylic acids is 2. The summed E-state index contributed by atoms with van der Waals surface area (Å²) in [6.45, 7) is 4.18. The van der Waals surface area contributed by atoms with E-state index in [-0.39, 0.29) is 17.7 Å². The van der Waals surface area contributed by atoms with Crippen LogP contribution in [0.15, 0.2) is 138 Å². The first kappa shape index (κ1) is 31.1. The van der Waals surface area contributed by atoms with Gasteiger partial charge in [-0.2, -0.15) is 0 Å². The highest BCUT2D eigenvalue weighted by atomic mass is 32.1. The Bertz CT molecular complexity index is 1970. The van der Waals surface area contributed by atoms with E-state index < -0.39 is 0 Å². The first-order chi connectivity index (χ1) is 22.5. The average Bonchev–Trinajstić information content (AvgIpc) is 3.72. The first-order valence-electron chi connectivity index (χ1n) is 15.3. The van der Waals surface area contributed by atoms with Crippen molar-refractivity contribution in [3.05, 3.63) is 175 Å². The van der Waals surface area contributed by atoms with Crippen molar-refractivity contribution in [2.45, 2.75) is 32.7 Å². The van der Waals surface area contributed by atoms with Gasteiger partial charge in [0.05, 0.1) is 11.7 Å². The Morgan fingerprint density at radius 3 is 2.13 bits per heavy atom. The fraction of sp³-hybridized carbons (Fsp3) is 0.125. The van der Waals surface area contributed by atoms with E-state index in [9.17, 15) is 9.59 Å². The molecule has 0 bridgehead atoms. The third kappa shape index (κ3) is 7.31. The lowest BCUT2D eigenvalue weighted by Gasteiger charge is -2.36. The molecule has 1 aliphatic rings. The lowest BCUT2D eigenvalue weighted by Crippen LogP contribution is -2.40. The van der Waals surface area contributed by atoms with Gasteiger partial charge in [0.15, 0.2) is 5.78 Å². The zero-order valence-electron chi connectivity index (χ0n) is 25.8. The van der Waals surface area contributed by atoms with Crippen molar-refractivity contribution in [3.63, 3.8) is 0 Å². The molecule has 0 N–H and O–H groups in total. The van der Waals surface area contributed by atoms with Gasteiger partial charge in [0.2, 0.25) is 0 Å². The molecule has 0 aliphatic carbocycles. The van der Waals surface area contributed by atoms with E-state index in [4.69, 9.17) is 0 Å². The number of para-hydroxylation sites is 2. The SMILES string of the molecule is Cc1ccc(C2Cc3ccccc3C(=O)N2c2ccccc2)s1.Cc1ccc(C=Nc2ccccc2C(=O)Cc2ccccc2)s1. The molecule has 228 valence electrons. The van der Waals surface area contributed by atoms with Gasteiger partial charge in [-0.1, -0.05) is 78.9 Å². The number of thiophene rings is 2. The van der Waals surface area contributed by atoms with E-state index in [1.165, 1.54) is 14.6 Å². The summed E-state index contributed by atoms with van der Waals surface area (Å²) < 4.78 is 0. The predicted octanol–water partition coefficient (Wildman–Crippen LogP) is 10.2. The van der Waals surface area contributed by atoms with Crippen molar-refractivity contribution in [3.8, 4) is 0 Å². The fourth-order valence-corrected chi connectivity index (χ4v) is 7.30. The van der Waals surface area contributed by atoms with Crippen LogP contribution in [0.4, 0.5) is 11.4 Å². The van der Waals surface area contributed by atoms with Crippen LogP contribution in [0.5, 0.6) is 0 Å². The molecule has 2 aromatic heterocycles. The van der Waals surface area contributed by atoms with Crippen LogP contribution in [-0.4, -0.2) is 17.9 Å².